The Bertz CT molecular complexity index is 508. The Morgan fingerprint density at radius 2 is 2.19 bits per heavy atom. The maximum Gasteiger partial charge on any atom is 0.270 e. The van der Waals surface area contributed by atoms with Crippen molar-refractivity contribution in [1.82, 2.24) is 5.32 Å². The first-order chi connectivity index (χ1) is 9.99. The van der Waals surface area contributed by atoms with Crippen LogP contribution in [0.1, 0.15) is 30.6 Å². The van der Waals surface area contributed by atoms with Gasteiger partial charge in [0.05, 0.1) is 10.5 Å². The van der Waals surface area contributed by atoms with Crippen molar-refractivity contribution < 1.29 is 9.72 Å². The summed E-state index contributed by atoms with van der Waals surface area (Å²) < 4.78 is 0. The van der Waals surface area contributed by atoms with Gasteiger partial charge in [0.1, 0.15) is 0 Å². The first-order valence-corrected chi connectivity index (χ1v) is 8.11. The van der Waals surface area contributed by atoms with Crippen LogP contribution in [0.15, 0.2) is 18.2 Å². The van der Waals surface area contributed by atoms with Gasteiger partial charge in [-0.15, -0.1) is 0 Å². The van der Waals surface area contributed by atoms with Gasteiger partial charge in [0.25, 0.3) is 11.6 Å². The van der Waals surface area contributed by atoms with E-state index in [-0.39, 0.29) is 11.6 Å². The molecule has 2 N–H and O–H groups in total. The predicted octanol–water partition coefficient (Wildman–Crippen LogP) is 2.90. The lowest BCUT2D eigenvalue weighted by atomic mass is 10.1. The highest BCUT2D eigenvalue weighted by Crippen LogP contribution is 2.22. The molecule has 0 fully saturated rings. The molecule has 0 bridgehead atoms. The normalized spacial score (nSPS) is 11.8. The zero-order valence-electron chi connectivity index (χ0n) is 12.5. The highest BCUT2D eigenvalue weighted by Gasteiger charge is 2.17. The second kappa shape index (κ2) is 8.51. The number of nitro benzene ring substituents is 1. The van der Waals surface area contributed by atoms with Crippen LogP contribution in [0.4, 0.5) is 11.4 Å². The third-order valence-corrected chi connectivity index (χ3v) is 3.95. The highest BCUT2D eigenvalue weighted by atomic mass is 32.2. The number of nitrogens with zero attached hydrogens (tertiary/aromatic N) is 1. The van der Waals surface area contributed by atoms with Crippen molar-refractivity contribution in [3.8, 4) is 0 Å². The van der Waals surface area contributed by atoms with Gasteiger partial charge in [-0.2, -0.15) is 11.8 Å². The van der Waals surface area contributed by atoms with Crippen LogP contribution < -0.4 is 10.6 Å². The maximum absolute atomic E-state index is 12.2. The van der Waals surface area contributed by atoms with Crippen molar-refractivity contribution in [3.63, 3.8) is 0 Å². The van der Waals surface area contributed by atoms with Crippen LogP contribution in [0.2, 0.25) is 0 Å². The van der Waals surface area contributed by atoms with Crippen LogP contribution in [0, 0.1) is 10.1 Å². The Balaban J connectivity index is 2.95. The summed E-state index contributed by atoms with van der Waals surface area (Å²) in [6.07, 6.45) is 2.87. The number of rotatable bonds is 8. The van der Waals surface area contributed by atoms with Crippen molar-refractivity contribution >= 4 is 29.0 Å². The molecule has 1 unspecified atom stereocenters. The lowest BCUT2D eigenvalue weighted by Crippen LogP contribution is -2.30. The first-order valence-electron chi connectivity index (χ1n) is 6.82. The average Bonchev–Trinajstić information content (AvgIpc) is 2.49. The van der Waals surface area contributed by atoms with Crippen LogP contribution in [-0.2, 0) is 0 Å². The van der Waals surface area contributed by atoms with E-state index in [1.165, 1.54) is 12.1 Å². The van der Waals surface area contributed by atoms with Gasteiger partial charge >= 0.3 is 0 Å². The molecule has 6 nitrogen and oxygen atoms in total. The molecule has 116 valence electrons. The third kappa shape index (κ3) is 5.26. The van der Waals surface area contributed by atoms with E-state index in [4.69, 9.17) is 0 Å². The van der Waals surface area contributed by atoms with E-state index in [1.807, 2.05) is 20.1 Å². The number of nitro groups is 1. The molecule has 21 heavy (non-hydrogen) atoms. The third-order valence-electron chi connectivity index (χ3n) is 2.98. The van der Waals surface area contributed by atoms with Crippen molar-refractivity contribution in [2.24, 2.45) is 0 Å². The minimum Gasteiger partial charge on any atom is -0.384 e. The molecule has 0 saturated heterocycles. The summed E-state index contributed by atoms with van der Waals surface area (Å²) in [6.45, 7) is 5.25. The van der Waals surface area contributed by atoms with Crippen LogP contribution in [0.25, 0.3) is 0 Å². The van der Waals surface area contributed by atoms with Gasteiger partial charge in [-0.05, 0) is 18.7 Å². The molecule has 0 aliphatic heterocycles. The minimum absolute atomic E-state index is 0.0832. The molecule has 7 heteroatoms. The maximum atomic E-state index is 12.2. The number of hydrogen-bond acceptors (Lipinski definition) is 5. The number of hydrogen-bond donors (Lipinski definition) is 2. The summed E-state index contributed by atoms with van der Waals surface area (Å²) >= 11 is 1.65. The van der Waals surface area contributed by atoms with E-state index >= 15 is 0 Å². The van der Waals surface area contributed by atoms with Gasteiger partial charge in [0.15, 0.2) is 0 Å². The van der Waals surface area contributed by atoms with Crippen LogP contribution in [-0.4, -0.2) is 35.4 Å². The summed E-state index contributed by atoms with van der Waals surface area (Å²) in [5.74, 6) is -0.293. The van der Waals surface area contributed by atoms with Gasteiger partial charge in [0.2, 0.25) is 0 Å². The molecule has 0 saturated carbocycles. The average molecular weight is 311 g/mol. The molecule has 0 spiro atoms. The molecule has 0 aromatic heterocycles. The lowest BCUT2D eigenvalue weighted by Gasteiger charge is -2.13. The molecule has 0 radical (unpaired) electrons. The van der Waals surface area contributed by atoms with Crippen LogP contribution in [0.5, 0.6) is 0 Å². The van der Waals surface area contributed by atoms with E-state index in [9.17, 15) is 14.9 Å². The van der Waals surface area contributed by atoms with Crippen LogP contribution >= 0.6 is 11.8 Å². The van der Waals surface area contributed by atoms with E-state index in [0.717, 1.165) is 6.42 Å². The Labute approximate surface area is 128 Å². The fourth-order valence-corrected chi connectivity index (χ4v) is 1.91. The summed E-state index contributed by atoms with van der Waals surface area (Å²) in [4.78, 5) is 22.6. The lowest BCUT2D eigenvalue weighted by molar-refractivity contribution is -0.384. The summed E-state index contributed by atoms with van der Waals surface area (Å²) in [5.41, 5.74) is 0.850. The van der Waals surface area contributed by atoms with Gasteiger partial charge in [-0.3, -0.25) is 14.9 Å². The van der Waals surface area contributed by atoms with Crippen molar-refractivity contribution in [1.29, 1.82) is 0 Å². The standard InChI is InChI=1S/C14H21N3O3S/c1-4-7-15-13-6-5-11(17(19)20)8-12(13)14(18)16-9-10(2)21-3/h5-6,8,10,15H,4,7,9H2,1-3H3,(H,16,18). The van der Waals surface area contributed by atoms with E-state index in [2.05, 4.69) is 10.6 Å². The predicted molar refractivity (Wildman–Crippen MR) is 87.2 cm³/mol. The van der Waals surface area contributed by atoms with Crippen LogP contribution in [0.3, 0.4) is 0 Å². The smallest absolute Gasteiger partial charge is 0.270 e. The fourth-order valence-electron chi connectivity index (χ4n) is 1.66. The number of carbonyl (C=O) groups excluding carboxylic acids is 1. The monoisotopic (exact) mass is 311 g/mol. The summed E-state index contributed by atoms with van der Waals surface area (Å²) in [6, 6.07) is 4.30. The van der Waals surface area contributed by atoms with E-state index < -0.39 is 4.92 Å². The van der Waals surface area contributed by atoms with Gasteiger partial charge in [-0.1, -0.05) is 13.8 Å². The summed E-state index contributed by atoms with van der Waals surface area (Å²) in [7, 11) is 0. The van der Waals surface area contributed by atoms with Gasteiger partial charge < -0.3 is 10.6 Å². The Morgan fingerprint density at radius 3 is 2.76 bits per heavy atom. The molecular formula is C14H21N3O3S. The largest absolute Gasteiger partial charge is 0.384 e. The number of non-ortho nitro benzene ring substituents is 1. The molecule has 1 aromatic rings. The topological polar surface area (TPSA) is 84.3 Å². The molecule has 1 aromatic carbocycles. The van der Waals surface area contributed by atoms with Crippen molar-refractivity contribution in [2.45, 2.75) is 25.5 Å². The molecule has 0 heterocycles. The zero-order chi connectivity index (χ0) is 15.8. The fraction of sp³-hybridized carbons (Fsp3) is 0.500. The SMILES string of the molecule is CCCNc1ccc([N+](=O)[O-])cc1C(=O)NCC(C)SC. The number of carbonyl (C=O) groups is 1. The molecule has 1 rings (SSSR count). The first kappa shape index (κ1) is 17.3. The molecular weight excluding hydrogens is 290 g/mol. The molecule has 1 amide bonds. The van der Waals surface area contributed by atoms with Gasteiger partial charge in [0, 0.05) is 36.2 Å². The van der Waals surface area contributed by atoms with Gasteiger partial charge in [-0.25, -0.2) is 0 Å². The van der Waals surface area contributed by atoms with Crippen molar-refractivity contribution in [3.05, 3.63) is 33.9 Å². The molecule has 0 aliphatic rings. The second-order valence-corrected chi connectivity index (χ2v) is 5.95. The van der Waals surface area contributed by atoms with E-state index in [1.54, 1.807) is 17.8 Å². The molecule has 0 aliphatic carbocycles. The Morgan fingerprint density at radius 1 is 1.48 bits per heavy atom. The van der Waals surface area contributed by atoms with Crippen molar-refractivity contribution in [2.75, 3.05) is 24.7 Å². The number of anilines is 1. The number of nitrogens with one attached hydrogen (secondary N) is 2. The highest BCUT2D eigenvalue weighted by molar-refractivity contribution is 7.99. The second-order valence-electron chi connectivity index (χ2n) is 4.67. The Kier molecular flexibility index (Phi) is 7.01. The minimum atomic E-state index is -0.495. The molecule has 1 atom stereocenters. The number of benzene rings is 1. The quantitative estimate of drug-likeness (QED) is 0.569. The van der Waals surface area contributed by atoms with E-state index in [0.29, 0.717) is 29.6 Å². The summed E-state index contributed by atoms with van der Waals surface area (Å²) in [5, 5.41) is 17.1. The number of thioether (sulfide) groups is 1. The number of amides is 1. The Hall–Kier alpha value is -1.76. The zero-order valence-corrected chi connectivity index (χ0v) is 13.3.